The molecule has 2 fully saturated rings. The molecular weight excluding hydrogens is 298 g/mol. The van der Waals surface area contributed by atoms with Crippen LogP contribution in [0.3, 0.4) is 0 Å². The number of fused-ring (bicyclic) bond motifs is 2. The van der Waals surface area contributed by atoms with E-state index in [2.05, 4.69) is 40.3 Å². The van der Waals surface area contributed by atoms with E-state index in [9.17, 15) is 4.79 Å². The second kappa shape index (κ2) is 5.58. The number of thiophene rings is 2. The van der Waals surface area contributed by atoms with Crippen molar-refractivity contribution in [2.45, 2.75) is 31.7 Å². The van der Waals surface area contributed by atoms with Crippen molar-refractivity contribution >= 4 is 28.6 Å². The van der Waals surface area contributed by atoms with Gasteiger partial charge in [-0.1, -0.05) is 18.6 Å². The summed E-state index contributed by atoms with van der Waals surface area (Å²) in [6, 6.07) is 8.40. The van der Waals surface area contributed by atoms with Crippen LogP contribution in [0.25, 0.3) is 0 Å². The van der Waals surface area contributed by atoms with E-state index in [-0.39, 0.29) is 17.9 Å². The Morgan fingerprint density at radius 2 is 1.81 bits per heavy atom. The largest absolute Gasteiger partial charge is 0.343 e. The van der Waals surface area contributed by atoms with Crippen LogP contribution in [0.1, 0.15) is 41.5 Å². The van der Waals surface area contributed by atoms with E-state index in [1.807, 2.05) is 0 Å². The first-order valence-corrected chi connectivity index (χ1v) is 9.44. The molecule has 1 N–H and O–H groups in total. The standard InChI is InChI=1S/C17H19NOS2/c19-17(13-10-11-5-6-12(13)9-11)18-16(14-3-1-7-20-14)15-4-2-8-21-15/h1-4,7-8,11-13,16H,5-6,9-10H2,(H,18,19)/t11-,12-,13-/m0/s1. The first-order valence-electron chi connectivity index (χ1n) is 7.68. The number of carbonyl (C=O) groups is 1. The summed E-state index contributed by atoms with van der Waals surface area (Å²) in [5, 5.41) is 7.50. The lowest BCUT2D eigenvalue weighted by molar-refractivity contribution is -0.127. The van der Waals surface area contributed by atoms with Crippen LogP contribution < -0.4 is 5.32 Å². The molecule has 2 bridgehead atoms. The molecule has 0 aliphatic heterocycles. The maximum atomic E-state index is 12.7. The summed E-state index contributed by atoms with van der Waals surface area (Å²) < 4.78 is 0. The third-order valence-corrected chi connectivity index (χ3v) is 6.89. The normalized spacial score (nSPS) is 27.4. The summed E-state index contributed by atoms with van der Waals surface area (Å²) >= 11 is 3.44. The maximum absolute atomic E-state index is 12.7. The molecule has 0 unspecified atom stereocenters. The van der Waals surface area contributed by atoms with Gasteiger partial charge in [-0.3, -0.25) is 4.79 Å². The van der Waals surface area contributed by atoms with Crippen molar-refractivity contribution in [3.63, 3.8) is 0 Å². The van der Waals surface area contributed by atoms with Crippen molar-refractivity contribution in [3.05, 3.63) is 44.8 Å². The topological polar surface area (TPSA) is 29.1 Å². The third kappa shape index (κ3) is 2.55. The van der Waals surface area contributed by atoms with E-state index in [4.69, 9.17) is 0 Å². The number of amides is 1. The average Bonchev–Trinajstić information content (AvgIpc) is 3.30. The fraction of sp³-hybridized carbons (Fsp3) is 0.471. The molecule has 2 nitrogen and oxygen atoms in total. The maximum Gasteiger partial charge on any atom is 0.224 e. The molecule has 2 aliphatic rings. The molecule has 2 aromatic heterocycles. The average molecular weight is 317 g/mol. The van der Waals surface area contributed by atoms with Crippen LogP contribution in [-0.4, -0.2) is 5.91 Å². The Bertz CT molecular complexity index is 571. The Hall–Kier alpha value is -1.13. The fourth-order valence-corrected chi connectivity index (χ4v) is 5.67. The minimum absolute atomic E-state index is 0.0385. The van der Waals surface area contributed by atoms with Gasteiger partial charge in [0, 0.05) is 15.7 Å². The van der Waals surface area contributed by atoms with Gasteiger partial charge in [-0.05, 0) is 54.0 Å². The van der Waals surface area contributed by atoms with E-state index in [0.29, 0.717) is 5.92 Å². The summed E-state index contributed by atoms with van der Waals surface area (Å²) in [5.41, 5.74) is 0. The van der Waals surface area contributed by atoms with Gasteiger partial charge in [-0.2, -0.15) is 0 Å². The molecule has 2 aromatic rings. The van der Waals surface area contributed by atoms with Crippen molar-refractivity contribution in [3.8, 4) is 0 Å². The van der Waals surface area contributed by atoms with E-state index < -0.39 is 0 Å². The lowest BCUT2D eigenvalue weighted by atomic mass is 9.88. The summed E-state index contributed by atoms with van der Waals surface area (Å²) in [6.07, 6.45) is 4.98. The van der Waals surface area contributed by atoms with Crippen molar-refractivity contribution in [1.29, 1.82) is 0 Å². The van der Waals surface area contributed by atoms with Crippen LogP contribution in [-0.2, 0) is 4.79 Å². The van der Waals surface area contributed by atoms with Gasteiger partial charge in [0.25, 0.3) is 0 Å². The molecule has 2 saturated carbocycles. The van der Waals surface area contributed by atoms with Crippen molar-refractivity contribution in [1.82, 2.24) is 5.32 Å². The van der Waals surface area contributed by atoms with Gasteiger partial charge in [-0.15, -0.1) is 22.7 Å². The monoisotopic (exact) mass is 317 g/mol. The summed E-state index contributed by atoms with van der Waals surface area (Å²) in [4.78, 5) is 15.2. The first kappa shape index (κ1) is 13.5. The second-order valence-corrected chi connectivity index (χ2v) is 8.21. The number of hydrogen-bond donors (Lipinski definition) is 1. The van der Waals surface area contributed by atoms with Gasteiger partial charge >= 0.3 is 0 Å². The Balaban J connectivity index is 1.53. The molecule has 110 valence electrons. The predicted octanol–water partition coefficient (Wildman–Crippen LogP) is 4.45. The molecule has 1 amide bonds. The quantitative estimate of drug-likeness (QED) is 0.887. The van der Waals surface area contributed by atoms with Crippen LogP contribution in [0, 0.1) is 17.8 Å². The number of hydrogen-bond acceptors (Lipinski definition) is 3. The van der Waals surface area contributed by atoms with Crippen LogP contribution in [0.4, 0.5) is 0 Å². The molecule has 0 radical (unpaired) electrons. The van der Waals surface area contributed by atoms with Crippen LogP contribution in [0.15, 0.2) is 35.0 Å². The van der Waals surface area contributed by atoms with Gasteiger partial charge < -0.3 is 5.32 Å². The second-order valence-electron chi connectivity index (χ2n) is 6.25. The Morgan fingerprint density at radius 3 is 2.29 bits per heavy atom. The molecular formula is C17H19NOS2. The molecule has 2 heterocycles. The molecule has 3 atom stereocenters. The van der Waals surface area contributed by atoms with Crippen molar-refractivity contribution in [2.75, 3.05) is 0 Å². The molecule has 21 heavy (non-hydrogen) atoms. The minimum atomic E-state index is 0.0385. The van der Waals surface area contributed by atoms with E-state index in [1.54, 1.807) is 22.7 Å². The molecule has 2 aliphatic carbocycles. The highest BCUT2D eigenvalue weighted by molar-refractivity contribution is 7.11. The highest BCUT2D eigenvalue weighted by atomic mass is 32.1. The Morgan fingerprint density at radius 1 is 1.10 bits per heavy atom. The van der Waals surface area contributed by atoms with Gasteiger partial charge in [0.05, 0.1) is 6.04 Å². The van der Waals surface area contributed by atoms with E-state index >= 15 is 0 Å². The van der Waals surface area contributed by atoms with Gasteiger partial charge in [0.2, 0.25) is 5.91 Å². The molecule has 0 saturated heterocycles. The highest BCUT2D eigenvalue weighted by Gasteiger charge is 2.43. The summed E-state index contributed by atoms with van der Waals surface area (Å²) in [5.74, 6) is 1.98. The van der Waals surface area contributed by atoms with Crippen LogP contribution in [0.2, 0.25) is 0 Å². The Kier molecular flexibility index (Phi) is 3.59. The molecule has 4 heteroatoms. The zero-order chi connectivity index (χ0) is 14.2. The smallest absolute Gasteiger partial charge is 0.224 e. The molecule has 0 spiro atoms. The number of rotatable bonds is 4. The minimum Gasteiger partial charge on any atom is -0.343 e. The van der Waals surface area contributed by atoms with E-state index in [0.717, 1.165) is 12.3 Å². The Labute approximate surface area is 133 Å². The SMILES string of the molecule is O=C(NC(c1cccs1)c1cccs1)[C@H]1C[C@H]2CC[C@H]1C2. The van der Waals surface area contributed by atoms with Crippen LogP contribution >= 0.6 is 22.7 Å². The van der Waals surface area contributed by atoms with Crippen molar-refractivity contribution in [2.24, 2.45) is 17.8 Å². The van der Waals surface area contributed by atoms with Crippen LogP contribution in [0.5, 0.6) is 0 Å². The summed E-state index contributed by atoms with van der Waals surface area (Å²) in [6.45, 7) is 0. The van der Waals surface area contributed by atoms with E-state index in [1.165, 1.54) is 29.0 Å². The van der Waals surface area contributed by atoms with Crippen molar-refractivity contribution < 1.29 is 4.79 Å². The van der Waals surface area contributed by atoms with Gasteiger partial charge in [0.15, 0.2) is 0 Å². The first-order chi connectivity index (χ1) is 10.3. The molecule has 0 aromatic carbocycles. The zero-order valence-corrected chi connectivity index (χ0v) is 13.5. The fourth-order valence-electron chi connectivity index (χ4n) is 4.01. The zero-order valence-electron chi connectivity index (χ0n) is 11.8. The number of nitrogens with one attached hydrogen (secondary N) is 1. The lowest BCUT2D eigenvalue weighted by Gasteiger charge is -2.24. The molecule has 4 rings (SSSR count). The lowest BCUT2D eigenvalue weighted by Crippen LogP contribution is -2.36. The summed E-state index contributed by atoms with van der Waals surface area (Å²) in [7, 11) is 0. The highest BCUT2D eigenvalue weighted by Crippen LogP contribution is 2.48. The predicted molar refractivity (Wildman–Crippen MR) is 87.6 cm³/mol. The third-order valence-electron chi connectivity index (χ3n) is 5.02. The number of carbonyl (C=O) groups excluding carboxylic acids is 1. The van der Waals surface area contributed by atoms with Gasteiger partial charge in [0.1, 0.15) is 0 Å². The van der Waals surface area contributed by atoms with Gasteiger partial charge in [-0.25, -0.2) is 0 Å².